The fourth-order valence-corrected chi connectivity index (χ4v) is 5.03. The van der Waals surface area contributed by atoms with Crippen molar-refractivity contribution < 1.29 is 61.7 Å². The Kier molecular flexibility index (Phi) is 8.13. The molecule has 0 aromatic carbocycles. The Morgan fingerprint density at radius 1 is 1.19 bits per heavy atom. The van der Waals surface area contributed by atoms with E-state index in [0.717, 1.165) is 0 Å². The van der Waals surface area contributed by atoms with E-state index in [4.69, 9.17) is 40.0 Å². The van der Waals surface area contributed by atoms with Crippen LogP contribution in [0.4, 0.5) is 5.95 Å². The first-order valence-corrected chi connectivity index (χ1v) is 12.6. The van der Waals surface area contributed by atoms with Crippen molar-refractivity contribution in [1.29, 1.82) is 0 Å². The first-order valence-electron chi connectivity index (χ1n) is 8.04. The van der Waals surface area contributed by atoms with Crippen LogP contribution in [0.1, 0.15) is 12.6 Å². The summed E-state index contributed by atoms with van der Waals surface area (Å²) in [6.45, 7) is -0.277. The second kappa shape index (κ2) is 9.74. The number of hydrogen-bond donors (Lipinski definition) is 9. The molecule has 1 saturated heterocycles. The van der Waals surface area contributed by atoms with E-state index < -0.39 is 47.5 Å². The largest absolute Gasteiger partial charge is 0.490 e. The average molecular weight is 525 g/mol. The van der Waals surface area contributed by atoms with Gasteiger partial charge in [-0.2, -0.15) is 13.6 Å². The van der Waals surface area contributed by atoms with Crippen molar-refractivity contribution >= 4 is 40.6 Å². The van der Waals surface area contributed by atoms with Crippen LogP contribution in [0.3, 0.4) is 0 Å². The highest BCUT2D eigenvalue weighted by Crippen LogP contribution is 2.64. The number of nitrogens with one attached hydrogen (secondary N) is 1. The van der Waals surface area contributed by atoms with Gasteiger partial charge in [0.2, 0.25) is 5.95 Å². The van der Waals surface area contributed by atoms with E-state index in [0.29, 0.717) is 0 Å². The maximum atomic E-state index is 11.6. The molecule has 3 rings (SSSR count). The van der Waals surface area contributed by atoms with Crippen molar-refractivity contribution in [3.63, 3.8) is 0 Å². The van der Waals surface area contributed by atoms with Crippen LogP contribution >= 0.6 is 23.5 Å². The molecule has 3 atom stereocenters. The lowest BCUT2D eigenvalue weighted by molar-refractivity contribution is -0.0432. The third-order valence-electron chi connectivity index (χ3n) is 3.56. The molecule has 2 aromatic rings. The van der Waals surface area contributed by atoms with Gasteiger partial charge >= 0.3 is 23.5 Å². The smallest absolute Gasteiger partial charge is 0.394 e. The molecule has 10 N–H and O–H groups in total. The predicted molar refractivity (Wildman–Crippen MR) is 100 cm³/mol. The number of rotatable bonds is 6. The van der Waals surface area contributed by atoms with Gasteiger partial charge in [-0.3, -0.25) is 14.3 Å². The van der Waals surface area contributed by atoms with Gasteiger partial charge in [0.25, 0.3) is 5.56 Å². The van der Waals surface area contributed by atoms with Crippen LogP contribution in [-0.2, 0) is 27.1 Å². The molecule has 2 aromatic heterocycles. The molecule has 0 spiro atoms. The molecule has 0 aliphatic carbocycles. The van der Waals surface area contributed by atoms with Gasteiger partial charge in [0.05, 0.1) is 19.0 Å². The van der Waals surface area contributed by atoms with Gasteiger partial charge in [0.15, 0.2) is 11.2 Å². The van der Waals surface area contributed by atoms with Crippen LogP contribution in [0.15, 0.2) is 11.1 Å². The first kappa shape index (κ1) is 26.7. The highest BCUT2D eigenvalue weighted by Gasteiger charge is 2.38. The second-order valence-corrected chi connectivity index (χ2v) is 10.2. The predicted octanol–water partition coefficient (Wildman–Crippen LogP) is -2.35. The number of hydrogen-bond acceptors (Lipinski definition) is 12. The topological polar surface area (TPSA) is 310 Å². The third-order valence-corrected chi connectivity index (χ3v) is 6.92. The van der Waals surface area contributed by atoms with E-state index in [-0.39, 0.29) is 30.1 Å². The number of nitrogens with zero attached hydrogens (tertiary/aromatic N) is 3. The number of aromatic nitrogens is 4. The number of aromatic amines is 1. The highest BCUT2D eigenvalue weighted by molar-refractivity contribution is 7.66. The van der Waals surface area contributed by atoms with Crippen molar-refractivity contribution in [2.24, 2.45) is 0 Å². The molecular formula is C10H18N5O14P3. The molecule has 19 nitrogen and oxygen atoms in total. The molecule has 22 heteroatoms. The van der Waals surface area contributed by atoms with Gasteiger partial charge in [-0.1, -0.05) is 0 Å². The van der Waals surface area contributed by atoms with Crippen molar-refractivity contribution in [3.8, 4) is 0 Å². The van der Waals surface area contributed by atoms with Crippen molar-refractivity contribution in [1.82, 2.24) is 19.5 Å². The molecular weight excluding hydrogens is 507 g/mol. The van der Waals surface area contributed by atoms with Gasteiger partial charge in [-0.15, -0.1) is 0 Å². The minimum Gasteiger partial charge on any atom is -0.394 e. The van der Waals surface area contributed by atoms with Crippen molar-refractivity contribution in [2.75, 3.05) is 12.3 Å². The summed E-state index contributed by atoms with van der Waals surface area (Å²) in [4.78, 5) is 62.2. The molecule has 0 unspecified atom stereocenters. The average Bonchev–Trinajstić information content (AvgIpc) is 3.13. The summed E-state index contributed by atoms with van der Waals surface area (Å²) in [6, 6.07) is 0. The van der Waals surface area contributed by atoms with Crippen LogP contribution < -0.4 is 11.3 Å². The van der Waals surface area contributed by atoms with Gasteiger partial charge in [0.1, 0.15) is 12.3 Å². The Hall–Kier alpha value is -1.56. The fraction of sp³-hybridized carbons (Fsp3) is 0.500. The second-order valence-electron chi connectivity index (χ2n) is 6.00. The maximum Gasteiger partial charge on any atom is 0.490 e. The maximum absolute atomic E-state index is 11.6. The number of anilines is 1. The van der Waals surface area contributed by atoms with E-state index in [1.165, 1.54) is 10.9 Å². The number of aliphatic hydroxyl groups is 2. The molecule has 0 bridgehead atoms. The molecule has 182 valence electrons. The lowest BCUT2D eigenvalue weighted by Crippen LogP contribution is -2.24. The molecule has 1 aliphatic heterocycles. The Balaban J connectivity index is 0.000000247. The Bertz CT molecular complexity index is 1130. The minimum absolute atomic E-state index is 0.0171. The molecule has 3 heterocycles. The number of imidazole rings is 1. The van der Waals surface area contributed by atoms with Crippen LogP contribution in [0.5, 0.6) is 0 Å². The monoisotopic (exact) mass is 525 g/mol. The van der Waals surface area contributed by atoms with E-state index >= 15 is 0 Å². The summed E-state index contributed by atoms with van der Waals surface area (Å²) in [5, 5.41) is 18.8. The zero-order valence-electron chi connectivity index (χ0n) is 15.5. The fourth-order valence-electron chi connectivity index (χ4n) is 2.49. The minimum atomic E-state index is -5.46. The van der Waals surface area contributed by atoms with E-state index in [1.807, 2.05) is 0 Å². The summed E-state index contributed by atoms with van der Waals surface area (Å²) in [6.07, 6.45) is -0.270. The summed E-state index contributed by atoms with van der Waals surface area (Å²) >= 11 is 0. The zero-order chi connectivity index (χ0) is 24.5. The molecule has 0 amide bonds. The lowest BCUT2D eigenvalue weighted by atomic mass is 10.2. The zero-order valence-corrected chi connectivity index (χ0v) is 18.2. The molecule has 1 fully saturated rings. The summed E-state index contributed by atoms with van der Waals surface area (Å²) in [5.41, 5.74) is 5.50. The normalized spacial score (nSPS) is 22.0. The van der Waals surface area contributed by atoms with Gasteiger partial charge < -0.3 is 45.2 Å². The molecule has 0 saturated carbocycles. The standard InChI is InChI=1S/C10H13N5O4.H5O10P3/c11-10-13-8-7(9(18)14-10)12-3-15(8)6-1-4(17)5(2-16)19-6;1-11(2,3)9-13(7,8)10-12(4,5)6/h3-6,16-17H,1-2H2,(H3,11,13,14,18);(H,7,8)(H2,1,2,3)(H2,4,5,6)/t4-,5+,6+;/m0./s1. The molecule has 1 aliphatic rings. The van der Waals surface area contributed by atoms with E-state index in [1.54, 1.807) is 0 Å². The molecule has 0 radical (unpaired) electrons. The van der Waals surface area contributed by atoms with Gasteiger partial charge in [0, 0.05) is 6.42 Å². The van der Waals surface area contributed by atoms with Crippen LogP contribution in [-0.4, -0.2) is 73.0 Å². The SMILES string of the molecule is Nc1nc2c(ncn2[C@H]2C[C@H](O)[C@@H](CO)O2)c(=O)[nH]1.O=P(O)(O)OP(=O)(O)OP(=O)(O)O. The van der Waals surface area contributed by atoms with E-state index in [9.17, 15) is 23.6 Å². The Morgan fingerprint density at radius 3 is 2.22 bits per heavy atom. The number of ether oxygens (including phenoxy) is 1. The number of H-pyrrole nitrogens is 1. The van der Waals surface area contributed by atoms with E-state index in [2.05, 4.69) is 23.6 Å². The van der Waals surface area contributed by atoms with Gasteiger partial charge in [-0.05, 0) is 0 Å². The summed E-state index contributed by atoms with van der Waals surface area (Å²) in [7, 11) is -16.2. The Labute approximate surface area is 176 Å². The number of nitrogen functional groups attached to an aromatic ring is 1. The third kappa shape index (κ3) is 7.50. The van der Waals surface area contributed by atoms with Crippen LogP contribution in [0.2, 0.25) is 0 Å². The van der Waals surface area contributed by atoms with Crippen LogP contribution in [0, 0.1) is 0 Å². The number of fused-ring (bicyclic) bond motifs is 1. The van der Waals surface area contributed by atoms with Gasteiger partial charge in [-0.25, -0.2) is 18.7 Å². The lowest BCUT2D eigenvalue weighted by Gasteiger charge is -2.13. The number of phosphoric acid groups is 3. The number of nitrogens with two attached hydrogens (primary N) is 1. The summed E-state index contributed by atoms with van der Waals surface area (Å²) < 4.78 is 43.4. The van der Waals surface area contributed by atoms with Crippen LogP contribution in [0.25, 0.3) is 11.2 Å². The Morgan fingerprint density at radius 2 is 1.75 bits per heavy atom. The summed E-state index contributed by atoms with van der Waals surface area (Å²) in [5.74, 6) is -0.0171. The highest BCUT2D eigenvalue weighted by atomic mass is 31.3. The van der Waals surface area contributed by atoms with Crippen molar-refractivity contribution in [3.05, 3.63) is 16.7 Å². The molecule has 32 heavy (non-hydrogen) atoms. The van der Waals surface area contributed by atoms with Crippen molar-refractivity contribution in [2.45, 2.75) is 24.9 Å². The quantitative estimate of drug-likeness (QED) is 0.178. The number of aliphatic hydroxyl groups excluding tert-OH is 2. The first-order chi connectivity index (χ1) is 14.5.